The summed E-state index contributed by atoms with van der Waals surface area (Å²) in [6.07, 6.45) is 2.97. The zero-order valence-electron chi connectivity index (χ0n) is 10.7. The maximum Gasteiger partial charge on any atom is 0.241 e. The minimum Gasteiger partial charge on any atom is -0.494 e. The number of benzene rings is 1. The van der Waals surface area contributed by atoms with Crippen molar-refractivity contribution in [3.05, 3.63) is 24.0 Å². The van der Waals surface area contributed by atoms with E-state index in [4.69, 9.17) is 4.74 Å². The van der Waals surface area contributed by atoms with Gasteiger partial charge in [0.1, 0.15) is 0 Å². The van der Waals surface area contributed by atoms with Crippen molar-refractivity contribution >= 4 is 24.0 Å². The number of carbonyl (C=O) groups excluding carboxylic acids is 1. The van der Waals surface area contributed by atoms with Gasteiger partial charge in [-0.2, -0.15) is 0 Å². The largest absolute Gasteiger partial charge is 0.494 e. The number of halogens is 2. The van der Waals surface area contributed by atoms with E-state index >= 15 is 0 Å². The first-order chi connectivity index (χ1) is 8.70. The third-order valence-electron chi connectivity index (χ3n) is 3.05. The molecule has 1 aliphatic rings. The van der Waals surface area contributed by atoms with Gasteiger partial charge in [0.05, 0.1) is 13.2 Å². The minimum atomic E-state index is -0.480. The fourth-order valence-corrected chi connectivity index (χ4v) is 2.05. The average Bonchev–Trinajstić information content (AvgIpc) is 2.40. The van der Waals surface area contributed by atoms with Crippen molar-refractivity contribution in [3.8, 4) is 5.75 Å². The van der Waals surface area contributed by atoms with Crippen molar-refractivity contribution in [2.24, 2.45) is 0 Å². The molecule has 1 aromatic carbocycles. The number of rotatable bonds is 3. The van der Waals surface area contributed by atoms with Crippen molar-refractivity contribution in [2.45, 2.75) is 25.3 Å². The van der Waals surface area contributed by atoms with E-state index in [9.17, 15) is 9.18 Å². The fourth-order valence-electron chi connectivity index (χ4n) is 2.05. The van der Waals surface area contributed by atoms with Gasteiger partial charge in [0, 0.05) is 11.8 Å². The van der Waals surface area contributed by atoms with E-state index in [0.717, 1.165) is 25.8 Å². The lowest BCUT2D eigenvalue weighted by molar-refractivity contribution is -0.118. The summed E-state index contributed by atoms with van der Waals surface area (Å²) < 4.78 is 18.3. The van der Waals surface area contributed by atoms with Crippen LogP contribution in [0.15, 0.2) is 18.2 Å². The highest BCUT2D eigenvalue weighted by atomic mass is 35.5. The van der Waals surface area contributed by atoms with Crippen LogP contribution in [-0.2, 0) is 4.79 Å². The monoisotopic (exact) mass is 288 g/mol. The Morgan fingerprint density at radius 2 is 2.26 bits per heavy atom. The van der Waals surface area contributed by atoms with Crippen molar-refractivity contribution in [1.29, 1.82) is 0 Å². The Kier molecular flexibility index (Phi) is 6.05. The second-order valence-corrected chi connectivity index (χ2v) is 4.34. The normalized spacial score (nSPS) is 18.3. The number of ether oxygens (including phenoxy) is 1. The number of nitrogens with one attached hydrogen (secondary N) is 2. The molecule has 0 unspecified atom stereocenters. The van der Waals surface area contributed by atoms with Crippen LogP contribution in [-0.4, -0.2) is 25.6 Å². The van der Waals surface area contributed by atoms with E-state index < -0.39 is 5.82 Å². The van der Waals surface area contributed by atoms with Gasteiger partial charge in [0.25, 0.3) is 0 Å². The zero-order valence-corrected chi connectivity index (χ0v) is 11.6. The summed E-state index contributed by atoms with van der Waals surface area (Å²) >= 11 is 0. The van der Waals surface area contributed by atoms with Crippen LogP contribution in [0.1, 0.15) is 19.3 Å². The lowest BCUT2D eigenvalue weighted by atomic mass is 10.0. The van der Waals surface area contributed by atoms with Gasteiger partial charge in [-0.05, 0) is 31.5 Å². The molecular formula is C13H18ClFN2O2. The second-order valence-electron chi connectivity index (χ2n) is 4.34. The zero-order chi connectivity index (χ0) is 13.0. The first-order valence-corrected chi connectivity index (χ1v) is 6.08. The van der Waals surface area contributed by atoms with Crippen LogP contribution in [0.3, 0.4) is 0 Å². The standard InChI is InChI=1S/C13H17FN2O2.ClH/c1-18-12-6-5-9(8-10(12)14)16-13(17)11-4-2-3-7-15-11;/h5-6,8,11,15H,2-4,7H2,1H3,(H,16,17);1H/t11-;/m1./s1. The topological polar surface area (TPSA) is 50.4 Å². The van der Waals surface area contributed by atoms with Crippen LogP contribution >= 0.6 is 12.4 Å². The summed E-state index contributed by atoms with van der Waals surface area (Å²) in [4.78, 5) is 11.9. The Morgan fingerprint density at radius 1 is 1.47 bits per heavy atom. The lowest BCUT2D eigenvalue weighted by Crippen LogP contribution is -2.43. The first kappa shape index (κ1) is 15.7. The van der Waals surface area contributed by atoms with E-state index in [-0.39, 0.29) is 30.1 Å². The quantitative estimate of drug-likeness (QED) is 0.897. The first-order valence-electron chi connectivity index (χ1n) is 6.08. The van der Waals surface area contributed by atoms with Crippen LogP contribution in [0.4, 0.5) is 10.1 Å². The molecule has 6 heteroatoms. The summed E-state index contributed by atoms with van der Waals surface area (Å²) in [7, 11) is 1.41. The summed E-state index contributed by atoms with van der Waals surface area (Å²) in [5, 5.41) is 5.85. The van der Waals surface area contributed by atoms with Gasteiger partial charge in [-0.25, -0.2) is 4.39 Å². The molecule has 1 atom stereocenters. The fraction of sp³-hybridized carbons (Fsp3) is 0.462. The van der Waals surface area contributed by atoms with Gasteiger partial charge in [0.2, 0.25) is 5.91 Å². The molecule has 106 valence electrons. The number of methoxy groups -OCH3 is 1. The molecule has 0 aliphatic carbocycles. The maximum absolute atomic E-state index is 13.5. The predicted octanol–water partition coefficient (Wildman–Crippen LogP) is 2.34. The number of piperidine rings is 1. The Labute approximate surface area is 118 Å². The molecule has 1 fully saturated rings. The molecule has 0 saturated carbocycles. The number of carbonyl (C=O) groups is 1. The van der Waals surface area contributed by atoms with Crippen LogP contribution in [0.5, 0.6) is 5.75 Å². The molecule has 1 aliphatic heterocycles. The van der Waals surface area contributed by atoms with Gasteiger partial charge in [0.15, 0.2) is 11.6 Å². The molecule has 0 spiro atoms. The smallest absolute Gasteiger partial charge is 0.241 e. The second kappa shape index (κ2) is 7.31. The Bertz CT molecular complexity index is 437. The SMILES string of the molecule is COc1ccc(NC(=O)[C@H]2CCCCN2)cc1F.Cl. The van der Waals surface area contributed by atoms with Gasteiger partial charge < -0.3 is 15.4 Å². The number of hydrogen-bond donors (Lipinski definition) is 2. The van der Waals surface area contributed by atoms with Crippen LogP contribution in [0.2, 0.25) is 0 Å². The molecule has 4 nitrogen and oxygen atoms in total. The maximum atomic E-state index is 13.5. The van der Waals surface area contributed by atoms with Gasteiger partial charge in [-0.15, -0.1) is 12.4 Å². The number of amides is 1. The van der Waals surface area contributed by atoms with Crippen molar-refractivity contribution < 1.29 is 13.9 Å². The molecule has 0 aromatic heterocycles. The van der Waals surface area contributed by atoms with Crippen molar-refractivity contribution in [1.82, 2.24) is 5.32 Å². The number of hydrogen-bond acceptors (Lipinski definition) is 3. The average molecular weight is 289 g/mol. The van der Waals surface area contributed by atoms with E-state index in [1.54, 1.807) is 6.07 Å². The summed E-state index contributed by atoms with van der Waals surface area (Å²) in [5.74, 6) is -0.421. The molecule has 19 heavy (non-hydrogen) atoms. The number of anilines is 1. The van der Waals surface area contributed by atoms with Gasteiger partial charge in [-0.1, -0.05) is 6.42 Å². The molecule has 1 amide bonds. The molecule has 2 N–H and O–H groups in total. The highest BCUT2D eigenvalue weighted by molar-refractivity contribution is 5.94. The van der Waals surface area contributed by atoms with E-state index in [2.05, 4.69) is 10.6 Å². The summed E-state index contributed by atoms with van der Waals surface area (Å²) in [6, 6.07) is 4.21. The summed E-state index contributed by atoms with van der Waals surface area (Å²) in [5.41, 5.74) is 0.450. The molecule has 2 rings (SSSR count). The molecule has 1 heterocycles. The van der Waals surface area contributed by atoms with Crippen molar-refractivity contribution in [2.75, 3.05) is 19.0 Å². The van der Waals surface area contributed by atoms with Gasteiger partial charge in [-0.3, -0.25) is 4.79 Å². The molecule has 1 saturated heterocycles. The van der Waals surface area contributed by atoms with Gasteiger partial charge >= 0.3 is 0 Å². The molecule has 0 bridgehead atoms. The third-order valence-corrected chi connectivity index (χ3v) is 3.05. The van der Waals surface area contributed by atoms with Crippen LogP contribution in [0, 0.1) is 5.82 Å². The Balaban J connectivity index is 0.00000180. The Morgan fingerprint density at radius 3 is 2.84 bits per heavy atom. The van der Waals surface area contributed by atoms with Crippen LogP contribution in [0.25, 0.3) is 0 Å². The van der Waals surface area contributed by atoms with E-state index in [1.165, 1.54) is 19.2 Å². The Hall–Kier alpha value is -1.33. The summed E-state index contributed by atoms with van der Waals surface area (Å²) in [6.45, 7) is 0.856. The highest BCUT2D eigenvalue weighted by Gasteiger charge is 2.20. The van der Waals surface area contributed by atoms with E-state index in [0.29, 0.717) is 5.69 Å². The molecule has 0 radical (unpaired) electrons. The minimum absolute atomic E-state index is 0. The van der Waals surface area contributed by atoms with E-state index in [1.807, 2.05) is 0 Å². The van der Waals surface area contributed by atoms with Crippen molar-refractivity contribution in [3.63, 3.8) is 0 Å². The molecule has 1 aromatic rings. The predicted molar refractivity (Wildman–Crippen MR) is 74.5 cm³/mol. The third kappa shape index (κ3) is 4.08. The molecular weight excluding hydrogens is 271 g/mol. The highest BCUT2D eigenvalue weighted by Crippen LogP contribution is 2.21. The van der Waals surface area contributed by atoms with Crippen LogP contribution < -0.4 is 15.4 Å². The lowest BCUT2D eigenvalue weighted by Gasteiger charge is -2.22.